The first kappa shape index (κ1) is 72.7. The third-order valence-electron chi connectivity index (χ3n) is 19.7. The Morgan fingerprint density at radius 2 is 0.875 bits per heavy atom. The van der Waals surface area contributed by atoms with Crippen molar-refractivity contribution in [3.05, 3.63) is 151 Å². The number of piperazine rings is 1. The summed E-state index contributed by atoms with van der Waals surface area (Å²) in [5, 5.41) is 6.23. The number of esters is 1. The number of carbonyl (C=O) groups excluding carboxylic acids is 2. The third kappa shape index (κ3) is 16.9. The molecular formula is C82H91ClN4O17. The number of methoxy groups -OCH3 is 2. The molecule has 9 aromatic carbocycles. The molecule has 0 saturated carbocycles. The van der Waals surface area contributed by atoms with Gasteiger partial charge in [0, 0.05) is 86.2 Å². The summed E-state index contributed by atoms with van der Waals surface area (Å²) in [5.74, 6) is 7.73. The Bertz CT molecular complexity index is 4440. The first-order valence-corrected chi connectivity index (χ1v) is 36.1. The number of cyclic esters (lactones) is 1. The molecule has 0 bridgehead atoms. The molecular weight excluding hydrogens is 1350 g/mol. The zero-order valence-electron chi connectivity index (χ0n) is 59.4. The van der Waals surface area contributed by atoms with Crippen molar-refractivity contribution in [2.45, 2.75) is 52.1 Å². The molecule has 0 atom stereocenters. The quantitative estimate of drug-likeness (QED) is 0.0410. The molecule has 22 heteroatoms. The molecule has 21 nitrogen and oxygen atoms in total. The lowest BCUT2D eigenvalue weighted by atomic mass is 9.89. The van der Waals surface area contributed by atoms with E-state index in [4.69, 9.17) is 71.1 Å². The van der Waals surface area contributed by atoms with Crippen LogP contribution in [0.15, 0.2) is 140 Å². The van der Waals surface area contributed by atoms with Gasteiger partial charge in [0.2, 0.25) is 20.4 Å². The predicted octanol–water partition coefficient (Wildman–Crippen LogP) is 14.7. The second-order valence-electron chi connectivity index (χ2n) is 26.0. The van der Waals surface area contributed by atoms with Crippen LogP contribution in [0.4, 0.5) is 4.79 Å². The summed E-state index contributed by atoms with van der Waals surface area (Å²) in [5.41, 5.74) is 7.32. The molecule has 0 aromatic heterocycles. The molecule has 0 unspecified atom stereocenters. The van der Waals surface area contributed by atoms with E-state index in [1.807, 2.05) is 55.5 Å². The van der Waals surface area contributed by atoms with E-state index in [2.05, 4.69) is 106 Å². The molecule has 0 aliphatic carbocycles. The number of fused-ring (bicyclic) bond motifs is 7. The Morgan fingerprint density at radius 3 is 1.43 bits per heavy atom. The van der Waals surface area contributed by atoms with E-state index in [0.29, 0.717) is 67.2 Å². The van der Waals surface area contributed by atoms with Gasteiger partial charge in [0.05, 0.1) is 66.0 Å². The molecule has 7 aliphatic heterocycles. The maximum absolute atomic E-state index is 13.2. The van der Waals surface area contributed by atoms with Crippen molar-refractivity contribution < 1.29 is 80.6 Å². The average Bonchev–Trinajstić information content (AvgIpc) is 0.964. The fourth-order valence-electron chi connectivity index (χ4n) is 14.2. The van der Waals surface area contributed by atoms with Gasteiger partial charge in [0.25, 0.3) is 0 Å². The zero-order chi connectivity index (χ0) is 70.3. The molecule has 16 rings (SSSR count). The summed E-state index contributed by atoms with van der Waals surface area (Å²) in [6.45, 7) is 18.6. The summed E-state index contributed by atoms with van der Waals surface area (Å²) in [4.78, 5) is 34.2. The van der Waals surface area contributed by atoms with Crippen LogP contribution < -0.4 is 52.1 Å². The van der Waals surface area contributed by atoms with Crippen LogP contribution in [0.3, 0.4) is 0 Å². The summed E-state index contributed by atoms with van der Waals surface area (Å²) in [6, 6.07) is 46.9. The molecule has 3 saturated heterocycles. The topological polar surface area (TPSA) is 186 Å². The lowest BCUT2D eigenvalue weighted by Crippen LogP contribution is -2.49. The van der Waals surface area contributed by atoms with Crippen LogP contribution in [-0.2, 0) is 25.6 Å². The molecule has 9 aromatic rings. The smallest absolute Gasteiger partial charge is 0.409 e. The highest BCUT2D eigenvalue weighted by Gasteiger charge is 2.34. The number of nitrogens with zero attached hydrogens (tertiary/aromatic N) is 4. The number of amides is 1. The van der Waals surface area contributed by atoms with Gasteiger partial charge in [-0.25, -0.2) is 9.59 Å². The van der Waals surface area contributed by atoms with Gasteiger partial charge in [-0.05, 0) is 150 Å². The van der Waals surface area contributed by atoms with Crippen LogP contribution >= 0.6 is 12.4 Å². The highest BCUT2D eigenvalue weighted by atomic mass is 35.5. The molecule has 0 radical (unpaired) electrons. The zero-order valence-corrected chi connectivity index (χ0v) is 60.2. The summed E-state index contributed by atoms with van der Waals surface area (Å²) in [6.07, 6.45) is 6.04. The Kier molecular flexibility index (Phi) is 24.6. The second-order valence-corrected chi connectivity index (χ2v) is 26.0. The number of unbranched alkanes of at least 4 members (excludes halogenated alkanes) is 4. The number of hydrogen-bond donors (Lipinski definition) is 0. The number of rotatable bonds is 24. The molecule has 3 fully saturated rings. The van der Waals surface area contributed by atoms with E-state index in [0.717, 1.165) is 220 Å². The van der Waals surface area contributed by atoms with Crippen molar-refractivity contribution in [1.82, 2.24) is 19.6 Å². The van der Waals surface area contributed by atoms with E-state index < -0.39 is 0 Å². The van der Waals surface area contributed by atoms with E-state index in [9.17, 15) is 9.59 Å². The van der Waals surface area contributed by atoms with Crippen LogP contribution in [0, 0.1) is 0 Å². The normalized spacial score (nSPS) is 15.8. The van der Waals surface area contributed by atoms with Gasteiger partial charge in [-0.2, -0.15) is 0 Å². The van der Waals surface area contributed by atoms with Gasteiger partial charge in [-0.3, -0.25) is 14.7 Å². The van der Waals surface area contributed by atoms with Crippen molar-refractivity contribution in [3.8, 4) is 96.6 Å². The lowest BCUT2D eigenvalue weighted by Gasteiger charge is -2.34. The van der Waals surface area contributed by atoms with Gasteiger partial charge >= 0.3 is 12.1 Å². The van der Waals surface area contributed by atoms with Crippen molar-refractivity contribution in [3.63, 3.8) is 0 Å². The fraction of sp³-hybridized carbons (Fsp3) is 0.390. The Hall–Kier alpha value is -9.61. The maximum atomic E-state index is 13.2. The number of morpholine rings is 2. The second kappa shape index (κ2) is 35.2. The van der Waals surface area contributed by atoms with Crippen molar-refractivity contribution in [2.24, 2.45) is 0 Å². The molecule has 7 aliphatic rings. The highest BCUT2D eigenvalue weighted by Crippen LogP contribution is 2.50. The minimum absolute atomic E-state index is 0. The molecule has 104 heavy (non-hydrogen) atoms. The van der Waals surface area contributed by atoms with Gasteiger partial charge in [0.15, 0.2) is 46.0 Å². The van der Waals surface area contributed by atoms with Crippen LogP contribution in [0.2, 0.25) is 0 Å². The van der Waals surface area contributed by atoms with Crippen LogP contribution in [0.25, 0.3) is 65.7 Å². The van der Waals surface area contributed by atoms with Gasteiger partial charge in [-0.1, -0.05) is 91.7 Å². The lowest BCUT2D eigenvalue weighted by molar-refractivity contribution is 0.0323. The largest absolute Gasteiger partial charge is 0.493 e. The molecule has 7 heterocycles. The van der Waals surface area contributed by atoms with Crippen molar-refractivity contribution in [2.75, 3.05) is 159 Å². The number of benzene rings is 9. The van der Waals surface area contributed by atoms with Crippen LogP contribution in [-0.4, -0.2) is 191 Å². The third-order valence-corrected chi connectivity index (χ3v) is 19.7. The number of carbonyl (C=O) groups is 2. The van der Waals surface area contributed by atoms with Crippen molar-refractivity contribution >= 4 is 56.8 Å². The van der Waals surface area contributed by atoms with E-state index in [1.165, 1.54) is 16.3 Å². The Morgan fingerprint density at radius 1 is 0.413 bits per heavy atom. The Labute approximate surface area is 612 Å². The predicted molar refractivity (Wildman–Crippen MR) is 400 cm³/mol. The fourth-order valence-corrected chi connectivity index (χ4v) is 14.2. The summed E-state index contributed by atoms with van der Waals surface area (Å²) < 4.78 is 84.8. The number of ether oxygens (including phenoxy) is 15. The van der Waals surface area contributed by atoms with Crippen LogP contribution in [0.1, 0.15) is 61.4 Å². The molecule has 1 amide bonds. The van der Waals surface area contributed by atoms with Crippen LogP contribution in [0.5, 0.6) is 63.2 Å². The van der Waals surface area contributed by atoms with Gasteiger partial charge < -0.3 is 76.0 Å². The SMILES string of the molecule is CCOC(=O)N1CCN(CCCCCCOc2c3c(c(-c4ccc5c(c4)OCO5)c4cc(OC)c(OC)cc24)C(=O)OC3)CC1.Cl.c1ccc2c(-c3ccc4c(c3)OCO4)ccc(OCCCCN3CCOCC3)c2c1.c1ccc2c(-c3ccc4c(c3)OCO4)ccc(OCCN3CCOCC3)c2c1. The Balaban J connectivity index is 0.000000143. The molecule has 548 valence electrons. The molecule has 0 spiro atoms. The van der Waals surface area contributed by atoms with Gasteiger partial charge in [0.1, 0.15) is 30.5 Å². The van der Waals surface area contributed by atoms with Gasteiger partial charge in [-0.15, -0.1) is 12.4 Å². The minimum atomic E-state index is -0.387. The first-order chi connectivity index (χ1) is 50.8. The minimum Gasteiger partial charge on any atom is -0.493 e. The van der Waals surface area contributed by atoms with E-state index in [-0.39, 0.29) is 51.5 Å². The van der Waals surface area contributed by atoms with E-state index >= 15 is 0 Å². The van der Waals surface area contributed by atoms with Crippen molar-refractivity contribution in [1.29, 1.82) is 0 Å². The standard InChI is InChI=1S/C34H40N2O9.C25H27NO4.C23H23NO4.ClH/c1-4-41-34(38)36-14-12-35(13-15-36)11-7-5-6-8-16-42-32-24-19-28(40-3)27(39-2)18-23(24)30(31-25(32)20-43-33(31)37)22-9-10-26-29(17-22)45-21-44-26;1-2-6-22-21(5-1)20(19-7-9-24-25(17-19)30-18-29-24)8-10-23(22)28-14-4-3-11-26-12-15-27-16-13-26;1-2-4-20-19(3-1)18(17-5-7-22-23(15-17)28-16-27-22)6-8-21(20)26-14-11-24-9-12-25-13-10-24;/h9-10,17-19H,4-8,11-16,20-21H2,1-3H3;1-2,5-10,17H,3-4,11-16,18H2;1-8,15H,9-14,16H2;1H. The summed E-state index contributed by atoms with van der Waals surface area (Å²) in [7, 11) is 3.19. The number of halogens is 1. The molecule has 0 N–H and O–H groups in total. The summed E-state index contributed by atoms with van der Waals surface area (Å²) >= 11 is 0. The average molecular weight is 1440 g/mol. The number of hydrogen-bond acceptors (Lipinski definition) is 20. The van der Waals surface area contributed by atoms with E-state index in [1.54, 1.807) is 19.1 Å². The highest BCUT2D eigenvalue weighted by molar-refractivity contribution is 6.14. The monoisotopic (exact) mass is 1440 g/mol. The maximum Gasteiger partial charge on any atom is 0.409 e. The first-order valence-electron chi connectivity index (χ1n) is 36.1.